The Morgan fingerprint density at radius 1 is 0.969 bits per heavy atom. The largest absolute Gasteiger partial charge is 0.372 e. The van der Waals surface area contributed by atoms with Gasteiger partial charge in [0.2, 0.25) is 0 Å². The lowest BCUT2D eigenvalue weighted by Gasteiger charge is -2.30. The van der Waals surface area contributed by atoms with E-state index in [9.17, 15) is 4.79 Å². The number of pyridine rings is 1. The van der Waals surface area contributed by atoms with Crippen LogP contribution in [0, 0.1) is 0 Å². The van der Waals surface area contributed by atoms with Gasteiger partial charge in [0.1, 0.15) is 5.69 Å². The monoisotopic (exact) mass is 429 g/mol. The Kier molecular flexibility index (Phi) is 5.93. The van der Waals surface area contributed by atoms with Gasteiger partial charge in [0, 0.05) is 62.9 Å². The lowest BCUT2D eigenvalue weighted by molar-refractivity contribution is 0.102. The standard InChI is InChI=1S/C24H27N7O/c32-24(29-21-17-26-8-7-22(21)31-14-10-25-11-15-31)20-6-9-27-23(28-20)18-4-3-5-19(16-18)30-12-1-2-13-30/h3-9,16-17,25H,1-2,10-15H2,(H,29,32). The third kappa shape index (κ3) is 4.40. The molecule has 0 unspecified atom stereocenters. The molecule has 0 radical (unpaired) electrons. The summed E-state index contributed by atoms with van der Waals surface area (Å²) >= 11 is 0. The molecule has 2 saturated heterocycles. The van der Waals surface area contributed by atoms with Crippen molar-refractivity contribution in [3.05, 3.63) is 60.7 Å². The van der Waals surface area contributed by atoms with Crippen LogP contribution in [0.5, 0.6) is 0 Å². The van der Waals surface area contributed by atoms with E-state index in [-0.39, 0.29) is 5.91 Å². The van der Waals surface area contributed by atoms with Crippen LogP contribution in [0.25, 0.3) is 11.4 Å². The fourth-order valence-corrected chi connectivity index (χ4v) is 4.29. The Balaban J connectivity index is 1.36. The van der Waals surface area contributed by atoms with Crippen molar-refractivity contribution in [2.45, 2.75) is 12.8 Å². The van der Waals surface area contributed by atoms with Crippen LogP contribution < -0.4 is 20.4 Å². The van der Waals surface area contributed by atoms with Crippen molar-refractivity contribution in [2.24, 2.45) is 0 Å². The highest BCUT2D eigenvalue weighted by Gasteiger charge is 2.18. The molecule has 2 aliphatic heterocycles. The highest BCUT2D eigenvalue weighted by molar-refractivity contribution is 6.04. The Morgan fingerprint density at radius 2 is 1.81 bits per heavy atom. The summed E-state index contributed by atoms with van der Waals surface area (Å²) in [5.74, 6) is 0.279. The van der Waals surface area contributed by atoms with Crippen molar-refractivity contribution in [3.8, 4) is 11.4 Å². The number of hydrogen-bond donors (Lipinski definition) is 2. The quantitative estimate of drug-likeness (QED) is 0.645. The molecular weight excluding hydrogens is 402 g/mol. The highest BCUT2D eigenvalue weighted by atomic mass is 16.1. The van der Waals surface area contributed by atoms with E-state index < -0.39 is 0 Å². The van der Waals surface area contributed by atoms with Crippen LogP contribution in [-0.2, 0) is 0 Å². The molecule has 2 fully saturated rings. The summed E-state index contributed by atoms with van der Waals surface area (Å²) in [7, 11) is 0. The number of hydrogen-bond acceptors (Lipinski definition) is 7. The lowest BCUT2D eigenvalue weighted by Crippen LogP contribution is -2.43. The average Bonchev–Trinajstić information content (AvgIpc) is 3.40. The number of carbonyl (C=O) groups is 1. The average molecular weight is 430 g/mol. The zero-order valence-corrected chi connectivity index (χ0v) is 18.0. The first-order valence-electron chi connectivity index (χ1n) is 11.2. The molecule has 164 valence electrons. The number of piperazine rings is 1. The third-order valence-electron chi connectivity index (χ3n) is 5.97. The van der Waals surface area contributed by atoms with E-state index in [0.29, 0.717) is 17.2 Å². The van der Waals surface area contributed by atoms with Crippen LogP contribution >= 0.6 is 0 Å². The van der Waals surface area contributed by atoms with Gasteiger partial charge in [-0.25, -0.2) is 9.97 Å². The van der Waals surface area contributed by atoms with Gasteiger partial charge in [0.15, 0.2) is 5.82 Å². The molecule has 8 heteroatoms. The van der Waals surface area contributed by atoms with Gasteiger partial charge >= 0.3 is 0 Å². The fraction of sp³-hybridized carbons (Fsp3) is 0.333. The molecule has 0 aliphatic carbocycles. The van der Waals surface area contributed by atoms with E-state index in [4.69, 9.17) is 0 Å². The molecule has 32 heavy (non-hydrogen) atoms. The van der Waals surface area contributed by atoms with Gasteiger partial charge in [-0.1, -0.05) is 12.1 Å². The molecule has 4 heterocycles. The van der Waals surface area contributed by atoms with Crippen LogP contribution in [0.1, 0.15) is 23.3 Å². The van der Waals surface area contributed by atoms with Crippen LogP contribution in [0.15, 0.2) is 55.0 Å². The second-order valence-corrected chi connectivity index (χ2v) is 8.09. The Labute approximate surface area is 187 Å². The van der Waals surface area contributed by atoms with Crippen molar-refractivity contribution < 1.29 is 4.79 Å². The highest BCUT2D eigenvalue weighted by Crippen LogP contribution is 2.27. The molecule has 1 amide bonds. The zero-order valence-electron chi connectivity index (χ0n) is 18.0. The number of benzene rings is 1. The van der Waals surface area contributed by atoms with Crippen LogP contribution in [0.3, 0.4) is 0 Å². The lowest BCUT2D eigenvalue weighted by atomic mass is 10.1. The summed E-state index contributed by atoms with van der Waals surface area (Å²) in [6.07, 6.45) is 7.53. The first-order valence-corrected chi connectivity index (χ1v) is 11.2. The maximum Gasteiger partial charge on any atom is 0.274 e. The smallest absolute Gasteiger partial charge is 0.274 e. The minimum atomic E-state index is -0.270. The molecule has 2 N–H and O–H groups in total. The van der Waals surface area contributed by atoms with Crippen molar-refractivity contribution in [1.29, 1.82) is 0 Å². The number of amides is 1. The molecule has 2 aromatic heterocycles. The number of anilines is 3. The van der Waals surface area contributed by atoms with Crippen LogP contribution in [-0.4, -0.2) is 60.1 Å². The number of nitrogens with one attached hydrogen (secondary N) is 2. The first kappa shape index (κ1) is 20.4. The molecule has 0 bridgehead atoms. The third-order valence-corrected chi connectivity index (χ3v) is 5.97. The summed E-state index contributed by atoms with van der Waals surface area (Å²) in [4.78, 5) is 30.9. The second kappa shape index (κ2) is 9.32. The van der Waals surface area contributed by atoms with E-state index in [1.165, 1.54) is 18.5 Å². The number of aromatic nitrogens is 3. The molecule has 2 aliphatic rings. The van der Waals surface area contributed by atoms with Crippen molar-refractivity contribution in [1.82, 2.24) is 20.3 Å². The molecule has 0 saturated carbocycles. The maximum atomic E-state index is 13.0. The molecule has 5 rings (SSSR count). The van der Waals surface area contributed by atoms with Gasteiger partial charge in [-0.05, 0) is 37.1 Å². The van der Waals surface area contributed by atoms with E-state index in [2.05, 4.69) is 47.5 Å². The molecule has 0 spiro atoms. The maximum absolute atomic E-state index is 13.0. The molecule has 0 atom stereocenters. The Bertz CT molecular complexity index is 1090. The Morgan fingerprint density at radius 3 is 2.66 bits per heavy atom. The van der Waals surface area contributed by atoms with E-state index in [0.717, 1.165) is 50.5 Å². The predicted octanol–water partition coefficient (Wildman–Crippen LogP) is 2.80. The fourth-order valence-electron chi connectivity index (χ4n) is 4.29. The normalized spacial score (nSPS) is 16.2. The van der Waals surface area contributed by atoms with Gasteiger partial charge in [0.05, 0.1) is 17.6 Å². The topological polar surface area (TPSA) is 86.3 Å². The summed E-state index contributed by atoms with van der Waals surface area (Å²) in [5, 5.41) is 6.35. The van der Waals surface area contributed by atoms with Gasteiger partial charge in [-0.15, -0.1) is 0 Å². The van der Waals surface area contributed by atoms with Crippen LogP contribution in [0.4, 0.5) is 17.1 Å². The minimum Gasteiger partial charge on any atom is -0.372 e. The van der Waals surface area contributed by atoms with Crippen molar-refractivity contribution in [2.75, 3.05) is 54.4 Å². The van der Waals surface area contributed by atoms with Gasteiger partial charge in [0.25, 0.3) is 5.91 Å². The zero-order chi connectivity index (χ0) is 21.8. The molecule has 8 nitrogen and oxygen atoms in total. The van der Waals surface area contributed by atoms with Crippen molar-refractivity contribution in [3.63, 3.8) is 0 Å². The van der Waals surface area contributed by atoms with Crippen molar-refractivity contribution >= 4 is 23.0 Å². The number of carbonyl (C=O) groups excluding carboxylic acids is 1. The summed E-state index contributed by atoms with van der Waals surface area (Å²) < 4.78 is 0. The minimum absolute atomic E-state index is 0.270. The van der Waals surface area contributed by atoms with Crippen LogP contribution in [0.2, 0.25) is 0 Å². The molecule has 3 aromatic rings. The van der Waals surface area contributed by atoms with Gasteiger partial charge in [-0.2, -0.15) is 0 Å². The molecule has 1 aromatic carbocycles. The van der Waals surface area contributed by atoms with E-state index >= 15 is 0 Å². The number of nitrogens with zero attached hydrogens (tertiary/aromatic N) is 5. The molecular formula is C24H27N7O. The van der Waals surface area contributed by atoms with Gasteiger partial charge in [-0.3, -0.25) is 9.78 Å². The van der Waals surface area contributed by atoms with E-state index in [1.807, 2.05) is 18.2 Å². The second-order valence-electron chi connectivity index (χ2n) is 8.09. The Hall–Kier alpha value is -3.52. The van der Waals surface area contributed by atoms with E-state index in [1.54, 1.807) is 24.7 Å². The summed E-state index contributed by atoms with van der Waals surface area (Å²) in [5.41, 5.74) is 4.08. The summed E-state index contributed by atoms with van der Waals surface area (Å²) in [6.45, 7) is 5.76. The first-order chi connectivity index (χ1) is 15.8. The predicted molar refractivity (Wildman–Crippen MR) is 126 cm³/mol. The SMILES string of the molecule is O=C(Nc1cnccc1N1CCNCC1)c1ccnc(-c2cccc(N3CCCC3)c2)n1. The summed E-state index contributed by atoms with van der Waals surface area (Å²) in [6, 6.07) is 11.8. The van der Waals surface area contributed by atoms with Gasteiger partial charge < -0.3 is 20.4 Å². The number of rotatable bonds is 5.